The van der Waals surface area contributed by atoms with Crippen molar-refractivity contribution in [3.63, 3.8) is 0 Å². The Morgan fingerprint density at radius 2 is 1.30 bits per heavy atom. The number of hydrogen-bond donors (Lipinski definition) is 1. The minimum atomic E-state index is -1.66. The zero-order chi connectivity index (χ0) is 8.15. The van der Waals surface area contributed by atoms with Crippen molar-refractivity contribution in [1.29, 1.82) is 0 Å². The molecule has 0 fully saturated rings. The van der Waals surface area contributed by atoms with Crippen molar-refractivity contribution in [2.45, 2.75) is 39.9 Å². The van der Waals surface area contributed by atoms with Gasteiger partial charge in [-0.2, -0.15) is 0 Å². The van der Waals surface area contributed by atoms with Crippen LogP contribution in [-0.2, 0) is 9.05 Å². The lowest BCUT2D eigenvalue weighted by molar-refractivity contribution is 0.139. The third-order valence-electron chi connectivity index (χ3n) is 0.602. The predicted molar refractivity (Wildman–Crippen MR) is 41.6 cm³/mol. The van der Waals surface area contributed by atoms with Gasteiger partial charge in [-0.3, -0.25) is 0 Å². The van der Waals surface area contributed by atoms with Gasteiger partial charge in [-0.05, 0) is 27.7 Å². The summed E-state index contributed by atoms with van der Waals surface area (Å²) < 4.78 is 9.92. The first kappa shape index (κ1) is 10.3. The zero-order valence-electron chi connectivity index (χ0n) is 6.87. The maximum absolute atomic E-state index is 9.01. The number of hydrogen-bond acceptors (Lipinski definition) is 3. The Balaban J connectivity index is 3.34. The van der Waals surface area contributed by atoms with E-state index in [-0.39, 0.29) is 12.2 Å². The van der Waals surface area contributed by atoms with E-state index >= 15 is 0 Å². The summed E-state index contributed by atoms with van der Waals surface area (Å²) in [5.41, 5.74) is 0. The largest absolute Gasteiger partial charge is 0.330 e. The molecule has 62 valence electrons. The van der Waals surface area contributed by atoms with Crippen molar-refractivity contribution in [3.05, 3.63) is 0 Å². The van der Waals surface area contributed by atoms with Crippen LogP contribution in [0.25, 0.3) is 0 Å². The molecule has 0 aromatic heterocycles. The normalized spacial score (nSPS) is 12.0. The van der Waals surface area contributed by atoms with Gasteiger partial charge in [0.25, 0.3) is 0 Å². The van der Waals surface area contributed by atoms with E-state index < -0.39 is 8.60 Å². The monoisotopic (exact) mass is 166 g/mol. The fraction of sp³-hybridized carbons (Fsp3) is 1.00. The minimum Gasteiger partial charge on any atom is -0.328 e. The Bertz CT molecular complexity index is 75.1. The highest BCUT2D eigenvalue weighted by molar-refractivity contribution is 7.40. The van der Waals surface area contributed by atoms with Crippen LogP contribution >= 0.6 is 8.60 Å². The first-order valence-corrected chi connectivity index (χ1v) is 4.48. The van der Waals surface area contributed by atoms with Crippen molar-refractivity contribution >= 4 is 8.60 Å². The average molecular weight is 166 g/mol. The standard InChI is InChI=1S/C6H15O3P/c1-5(2)8-10(7)9-6(3)4/h5-7H,1-4H3. The van der Waals surface area contributed by atoms with Crippen LogP contribution in [0.4, 0.5) is 0 Å². The highest BCUT2D eigenvalue weighted by Crippen LogP contribution is 2.35. The molecule has 0 atom stereocenters. The van der Waals surface area contributed by atoms with Crippen LogP contribution in [0.1, 0.15) is 27.7 Å². The molecule has 0 aliphatic rings. The van der Waals surface area contributed by atoms with Gasteiger partial charge in [0.2, 0.25) is 0 Å². The van der Waals surface area contributed by atoms with Crippen molar-refractivity contribution in [3.8, 4) is 0 Å². The lowest BCUT2D eigenvalue weighted by Crippen LogP contribution is -2.03. The van der Waals surface area contributed by atoms with E-state index in [1.807, 2.05) is 27.7 Å². The second-order valence-corrected chi connectivity index (χ2v) is 3.44. The molecule has 0 rings (SSSR count). The highest BCUT2D eigenvalue weighted by Gasteiger charge is 2.10. The van der Waals surface area contributed by atoms with Crippen molar-refractivity contribution in [1.82, 2.24) is 0 Å². The molecule has 0 aliphatic heterocycles. The Hall–Kier alpha value is 0.310. The molecule has 0 aromatic carbocycles. The molecule has 0 radical (unpaired) electrons. The van der Waals surface area contributed by atoms with Crippen LogP contribution in [0.3, 0.4) is 0 Å². The van der Waals surface area contributed by atoms with E-state index in [1.54, 1.807) is 0 Å². The number of rotatable bonds is 4. The molecule has 0 saturated heterocycles. The molecule has 0 aromatic rings. The Kier molecular flexibility index (Phi) is 5.18. The second kappa shape index (κ2) is 5.03. The van der Waals surface area contributed by atoms with Gasteiger partial charge in [0.05, 0.1) is 12.2 Å². The molecule has 1 N–H and O–H groups in total. The molecule has 0 heterocycles. The fourth-order valence-corrected chi connectivity index (χ4v) is 1.16. The Morgan fingerprint density at radius 1 is 1.00 bits per heavy atom. The second-order valence-electron chi connectivity index (χ2n) is 2.55. The summed E-state index contributed by atoms with van der Waals surface area (Å²) in [7, 11) is -1.66. The molecular formula is C6H15O3P. The molecule has 10 heavy (non-hydrogen) atoms. The van der Waals surface area contributed by atoms with E-state index in [0.717, 1.165) is 0 Å². The van der Waals surface area contributed by atoms with Gasteiger partial charge < -0.3 is 13.9 Å². The molecule has 0 aliphatic carbocycles. The van der Waals surface area contributed by atoms with E-state index in [1.165, 1.54) is 0 Å². The van der Waals surface area contributed by atoms with Gasteiger partial charge in [-0.25, -0.2) is 0 Å². The third kappa shape index (κ3) is 6.43. The molecule has 0 unspecified atom stereocenters. The molecule has 3 nitrogen and oxygen atoms in total. The molecule has 0 bridgehead atoms. The van der Waals surface area contributed by atoms with E-state index in [0.29, 0.717) is 0 Å². The lowest BCUT2D eigenvalue weighted by Gasteiger charge is -2.14. The lowest BCUT2D eigenvalue weighted by atomic mass is 10.5. The maximum Gasteiger partial charge on any atom is 0.330 e. The van der Waals surface area contributed by atoms with Gasteiger partial charge in [0.15, 0.2) is 0 Å². The summed E-state index contributed by atoms with van der Waals surface area (Å²) in [6.45, 7) is 7.43. The SMILES string of the molecule is CC(C)OP(O)OC(C)C. The van der Waals surface area contributed by atoms with Crippen LogP contribution in [0.15, 0.2) is 0 Å². The summed E-state index contributed by atoms with van der Waals surface area (Å²) in [5.74, 6) is 0. The van der Waals surface area contributed by atoms with E-state index in [4.69, 9.17) is 13.9 Å². The van der Waals surface area contributed by atoms with Gasteiger partial charge in [0.1, 0.15) is 0 Å². The topological polar surface area (TPSA) is 38.7 Å². The molecule has 0 spiro atoms. The molecule has 0 amide bonds. The first-order valence-electron chi connectivity index (χ1n) is 3.35. The predicted octanol–water partition coefficient (Wildman–Crippen LogP) is 2.06. The summed E-state index contributed by atoms with van der Waals surface area (Å²) >= 11 is 0. The van der Waals surface area contributed by atoms with Crippen LogP contribution < -0.4 is 0 Å². The smallest absolute Gasteiger partial charge is 0.328 e. The van der Waals surface area contributed by atoms with Gasteiger partial charge >= 0.3 is 8.60 Å². The van der Waals surface area contributed by atoms with E-state index in [9.17, 15) is 0 Å². The quantitative estimate of drug-likeness (QED) is 0.649. The summed E-state index contributed by atoms with van der Waals surface area (Å²) in [4.78, 5) is 9.01. The van der Waals surface area contributed by atoms with Crippen LogP contribution in [0.2, 0.25) is 0 Å². The van der Waals surface area contributed by atoms with Gasteiger partial charge in [-0.15, -0.1) is 0 Å². The minimum absolute atomic E-state index is 0.0230. The molecular weight excluding hydrogens is 151 g/mol. The summed E-state index contributed by atoms with van der Waals surface area (Å²) in [6.07, 6.45) is 0.0460. The van der Waals surface area contributed by atoms with Crippen molar-refractivity contribution in [2.75, 3.05) is 0 Å². The van der Waals surface area contributed by atoms with Crippen molar-refractivity contribution < 1.29 is 13.9 Å². The summed E-state index contributed by atoms with van der Waals surface area (Å²) in [6, 6.07) is 0. The highest BCUT2D eigenvalue weighted by atomic mass is 31.2. The van der Waals surface area contributed by atoms with Crippen LogP contribution in [0, 0.1) is 0 Å². The van der Waals surface area contributed by atoms with Crippen LogP contribution in [-0.4, -0.2) is 17.1 Å². The molecule has 4 heteroatoms. The van der Waals surface area contributed by atoms with Crippen LogP contribution in [0.5, 0.6) is 0 Å². The van der Waals surface area contributed by atoms with E-state index in [2.05, 4.69) is 0 Å². The molecule has 0 saturated carbocycles. The summed E-state index contributed by atoms with van der Waals surface area (Å²) in [5, 5.41) is 0. The van der Waals surface area contributed by atoms with Gasteiger partial charge in [-0.1, -0.05) is 0 Å². The Morgan fingerprint density at radius 3 is 1.50 bits per heavy atom. The zero-order valence-corrected chi connectivity index (χ0v) is 7.76. The maximum atomic E-state index is 9.01. The Labute approximate surface area is 63.3 Å². The van der Waals surface area contributed by atoms with Crippen molar-refractivity contribution in [2.24, 2.45) is 0 Å². The average Bonchev–Trinajstić information content (AvgIpc) is 1.58. The third-order valence-corrected chi connectivity index (χ3v) is 1.81. The fourth-order valence-electron chi connectivity index (χ4n) is 0.386. The van der Waals surface area contributed by atoms with Gasteiger partial charge in [0, 0.05) is 0 Å². The first-order chi connectivity index (χ1) is 4.52.